The summed E-state index contributed by atoms with van der Waals surface area (Å²) >= 11 is 0. The standard InChI is InChI=1S/C16H18O6/c17-15(18)12-7-11(13-8-21-5-6-22-13)9-3-1-2-4-10(9)14(12)16(19)20/h1-4,11-14H,5-8H2,(H,17,18)(H,19,20). The lowest BCUT2D eigenvalue weighted by atomic mass is 9.68. The first-order valence-corrected chi connectivity index (χ1v) is 7.33. The van der Waals surface area contributed by atoms with Gasteiger partial charge >= 0.3 is 11.9 Å². The summed E-state index contributed by atoms with van der Waals surface area (Å²) in [6.07, 6.45) is 0.0173. The molecule has 1 fully saturated rings. The van der Waals surface area contributed by atoms with Crippen molar-refractivity contribution in [3.05, 3.63) is 35.4 Å². The zero-order valence-electron chi connectivity index (χ0n) is 12.0. The highest BCUT2D eigenvalue weighted by atomic mass is 16.6. The van der Waals surface area contributed by atoms with E-state index in [1.54, 1.807) is 12.1 Å². The molecule has 0 radical (unpaired) electrons. The molecule has 22 heavy (non-hydrogen) atoms. The topological polar surface area (TPSA) is 93.1 Å². The van der Waals surface area contributed by atoms with Crippen molar-refractivity contribution in [3.63, 3.8) is 0 Å². The van der Waals surface area contributed by atoms with Crippen LogP contribution in [0.25, 0.3) is 0 Å². The van der Waals surface area contributed by atoms with E-state index in [1.807, 2.05) is 12.1 Å². The maximum Gasteiger partial charge on any atom is 0.311 e. The quantitative estimate of drug-likeness (QED) is 0.878. The van der Waals surface area contributed by atoms with Crippen LogP contribution >= 0.6 is 0 Å². The molecule has 4 unspecified atom stereocenters. The number of hydrogen-bond acceptors (Lipinski definition) is 4. The van der Waals surface area contributed by atoms with E-state index in [2.05, 4.69) is 0 Å². The number of hydrogen-bond donors (Lipinski definition) is 2. The van der Waals surface area contributed by atoms with Gasteiger partial charge in [-0.1, -0.05) is 24.3 Å². The summed E-state index contributed by atoms with van der Waals surface area (Å²) in [5.41, 5.74) is 1.44. The lowest BCUT2D eigenvalue weighted by molar-refractivity contribution is -0.152. The summed E-state index contributed by atoms with van der Waals surface area (Å²) < 4.78 is 11.2. The van der Waals surface area contributed by atoms with Crippen molar-refractivity contribution in [1.82, 2.24) is 0 Å². The maximum absolute atomic E-state index is 11.6. The van der Waals surface area contributed by atoms with Crippen molar-refractivity contribution in [2.75, 3.05) is 19.8 Å². The molecule has 3 rings (SSSR count). The van der Waals surface area contributed by atoms with Gasteiger partial charge in [-0.2, -0.15) is 0 Å². The van der Waals surface area contributed by atoms with Gasteiger partial charge in [0, 0.05) is 5.92 Å². The highest BCUT2D eigenvalue weighted by molar-refractivity contribution is 5.85. The molecule has 1 aromatic rings. The minimum Gasteiger partial charge on any atom is -0.481 e. The molecule has 1 saturated heterocycles. The fourth-order valence-corrected chi connectivity index (χ4v) is 3.52. The second kappa shape index (κ2) is 6.06. The Morgan fingerprint density at radius 1 is 1.05 bits per heavy atom. The van der Waals surface area contributed by atoms with Crippen LogP contribution in [0, 0.1) is 5.92 Å². The van der Waals surface area contributed by atoms with Crippen LogP contribution in [0.2, 0.25) is 0 Å². The molecule has 0 amide bonds. The van der Waals surface area contributed by atoms with E-state index in [-0.39, 0.29) is 18.4 Å². The number of carboxylic acid groups (broad SMARTS) is 2. The van der Waals surface area contributed by atoms with Crippen LogP contribution in [-0.2, 0) is 19.1 Å². The number of benzene rings is 1. The third-order valence-electron chi connectivity index (χ3n) is 4.51. The van der Waals surface area contributed by atoms with Gasteiger partial charge in [-0.05, 0) is 17.5 Å². The zero-order chi connectivity index (χ0) is 15.7. The lowest BCUT2D eigenvalue weighted by Gasteiger charge is -2.39. The Labute approximate surface area is 127 Å². The Kier molecular flexibility index (Phi) is 4.13. The highest BCUT2D eigenvalue weighted by Crippen LogP contribution is 2.45. The SMILES string of the molecule is O=C(O)C1CC(C2COCCO2)c2ccccc2C1C(=O)O. The van der Waals surface area contributed by atoms with E-state index in [4.69, 9.17) is 9.47 Å². The third kappa shape index (κ3) is 2.60. The van der Waals surface area contributed by atoms with Crippen molar-refractivity contribution in [3.8, 4) is 0 Å². The van der Waals surface area contributed by atoms with Gasteiger partial charge in [0.05, 0.1) is 37.8 Å². The van der Waals surface area contributed by atoms with Gasteiger partial charge in [-0.15, -0.1) is 0 Å². The van der Waals surface area contributed by atoms with Crippen LogP contribution in [0.3, 0.4) is 0 Å². The normalized spacial score (nSPS) is 31.3. The first-order valence-electron chi connectivity index (χ1n) is 7.33. The molecule has 2 N–H and O–H groups in total. The summed E-state index contributed by atoms with van der Waals surface area (Å²) in [6, 6.07) is 7.16. The maximum atomic E-state index is 11.6. The molecule has 4 atom stereocenters. The predicted octanol–water partition coefficient (Wildman–Crippen LogP) is 1.46. The van der Waals surface area contributed by atoms with E-state index in [9.17, 15) is 19.8 Å². The van der Waals surface area contributed by atoms with Crippen LogP contribution in [-0.4, -0.2) is 48.1 Å². The summed E-state index contributed by atoms with van der Waals surface area (Å²) in [6.45, 7) is 1.41. The first kappa shape index (κ1) is 15.0. The summed E-state index contributed by atoms with van der Waals surface area (Å²) in [5.74, 6) is -4.31. The molecule has 0 spiro atoms. The average molecular weight is 306 g/mol. The van der Waals surface area contributed by atoms with Crippen LogP contribution in [0.5, 0.6) is 0 Å². The highest BCUT2D eigenvalue weighted by Gasteiger charge is 2.45. The van der Waals surface area contributed by atoms with Crippen molar-refractivity contribution < 1.29 is 29.3 Å². The van der Waals surface area contributed by atoms with Crippen LogP contribution in [0.4, 0.5) is 0 Å². The Bertz CT molecular complexity index is 578. The molecule has 1 aliphatic heterocycles. The fraction of sp³-hybridized carbons (Fsp3) is 0.500. The van der Waals surface area contributed by atoms with Gasteiger partial charge < -0.3 is 19.7 Å². The molecule has 0 aromatic heterocycles. The largest absolute Gasteiger partial charge is 0.481 e. The molecule has 1 heterocycles. The van der Waals surface area contributed by atoms with Crippen molar-refractivity contribution in [1.29, 1.82) is 0 Å². The van der Waals surface area contributed by atoms with Crippen LogP contribution in [0.1, 0.15) is 29.4 Å². The monoisotopic (exact) mass is 306 g/mol. The van der Waals surface area contributed by atoms with Gasteiger partial charge in [-0.3, -0.25) is 9.59 Å². The van der Waals surface area contributed by atoms with Gasteiger partial charge in [0.1, 0.15) is 0 Å². The molecular formula is C16H18O6. The Hall–Kier alpha value is -1.92. The van der Waals surface area contributed by atoms with E-state index < -0.39 is 23.8 Å². The van der Waals surface area contributed by atoms with Crippen molar-refractivity contribution in [2.45, 2.75) is 24.4 Å². The molecule has 6 nitrogen and oxygen atoms in total. The smallest absolute Gasteiger partial charge is 0.311 e. The van der Waals surface area contributed by atoms with Gasteiger partial charge in [-0.25, -0.2) is 0 Å². The van der Waals surface area contributed by atoms with Gasteiger partial charge in [0.25, 0.3) is 0 Å². The van der Waals surface area contributed by atoms with E-state index >= 15 is 0 Å². The molecular weight excluding hydrogens is 288 g/mol. The fourth-order valence-electron chi connectivity index (χ4n) is 3.52. The number of carboxylic acids is 2. The first-order chi connectivity index (χ1) is 10.6. The number of rotatable bonds is 3. The number of ether oxygens (including phenoxy) is 2. The zero-order valence-corrected chi connectivity index (χ0v) is 12.0. The van der Waals surface area contributed by atoms with E-state index in [0.717, 1.165) is 5.56 Å². The molecule has 0 saturated carbocycles. The molecule has 1 aliphatic carbocycles. The second-order valence-electron chi connectivity index (χ2n) is 5.72. The van der Waals surface area contributed by atoms with E-state index in [0.29, 0.717) is 25.4 Å². The van der Waals surface area contributed by atoms with Crippen molar-refractivity contribution in [2.24, 2.45) is 5.92 Å². The van der Waals surface area contributed by atoms with Gasteiger partial charge in [0.15, 0.2) is 0 Å². The van der Waals surface area contributed by atoms with Crippen LogP contribution in [0.15, 0.2) is 24.3 Å². The number of carbonyl (C=O) groups is 2. The second-order valence-corrected chi connectivity index (χ2v) is 5.72. The summed E-state index contributed by atoms with van der Waals surface area (Å²) in [5, 5.41) is 18.9. The molecule has 6 heteroatoms. The molecule has 1 aromatic carbocycles. The average Bonchev–Trinajstić information content (AvgIpc) is 2.53. The Morgan fingerprint density at radius 3 is 2.36 bits per heavy atom. The predicted molar refractivity (Wildman–Crippen MR) is 75.9 cm³/mol. The minimum absolute atomic E-state index is 0.159. The lowest BCUT2D eigenvalue weighted by Crippen LogP contribution is -2.41. The molecule has 2 aliphatic rings. The molecule has 118 valence electrons. The van der Waals surface area contributed by atoms with Gasteiger partial charge in [0.2, 0.25) is 0 Å². The third-order valence-corrected chi connectivity index (χ3v) is 4.51. The van der Waals surface area contributed by atoms with E-state index in [1.165, 1.54) is 0 Å². The Balaban J connectivity index is 2.03. The number of aliphatic carboxylic acids is 2. The molecule has 0 bridgehead atoms. The summed E-state index contributed by atoms with van der Waals surface area (Å²) in [7, 11) is 0. The van der Waals surface area contributed by atoms with Crippen LogP contribution < -0.4 is 0 Å². The summed E-state index contributed by atoms with van der Waals surface area (Å²) in [4.78, 5) is 23.2. The minimum atomic E-state index is -1.10. The Morgan fingerprint density at radius 2 is 1.77 bits per heavy atom. The van der Waals surface area contributed by atoms with Crippen molar-refractivity contribution >= 4 is 11.9 Å². The number of fused-ring (bicyclic) bond motifs is 1.